The summed E-state index contributed by atoms with van der Waals surface area (Å²) < 4.78 is 13.5. The molecule has 0 radical (unpaired) electrons. The smallest absolute Gasteiger partial charge is 0.126 e. The molecular formula is C15H14ClF. The fraction of sp³-hybridized carbons (Fsp3) is 0.200. The van der Waals surface area contributed by atoms with Gasteiger partial charge in [-0.15, -0.1) is 0 Å². The number of rotatable bonds is 3. The summed E-state index contributed by atoms with van der Waals surface area (Å²) in [6.45, 7) is 2.05. The third-order valence-electron chi connectivity index (χ3n) is 2.74. The molecule has 0 spiro atoms. The van der Waals surface area contributed by atoms with E-state index in [0.29, 0.717) is 5.02 Å². The summed E-state index contributed by atoms with van der Waals surface area (Å²) >= 11 is 5.85. The van der Waals surface area contributed by atoms with Crippen molar-refractivity contribution in [3.8, 4) is 11.1 Å². The molecule has 0 heterocycles. The van der Waals surface area contributed by atoms with Gasteiger partial charge in [0.2, 0.25) is 0 Å². The Morgan fingerprint density at radius 1 is 1.00 bits per heavy atom. The lowest BCUT2D eigenvalue weighted by atomic mass is 10.0. The van der Waals surface area contributed by atoms with Crippen LogP contribution in [-0.2, 0) is 6.42 Å². The van der Waals surface area contributed by atoms with Gasteiger partial charge in [0.25, 0.3) is 0 Å². The van der Waals surface area contributed by atoms with E-state index >= 15 is 0 Å². The Kier molecular flexibility index (Phi) is 3.80. The van der Waals surface area contributed by atoms with Crippen LogP contribution in [0.5, 0.6) is 0 Å². The zero-order valence-electron chi connectivity index (χ0n) is 9.71. The summed E-state index contributed by atoms with van der Waals surface area (Å²) in [5.41, 5.74) is 2.87. The molecule has 88 valence electrons. The first-order valence-electron chi connectivity index (χ1n) is 5.75. The van der Waals surface area contributed by atoms with E-state index in [-0.39, 0.29) is 5.82 Å². The minimum atomic E-state index is -0.121. The van der Waals surface area contributed by atoms with Gasteiger partial charge in [-0.3, -0.25) is 0 Å². The SMILES string of the molecule is CCCc1cc(-c2ccc(Cl)cc2)ccc1F. The number of hydrogen-bond donors (Lipinski definition) is 0. The third-order valence-corrected chi connectivity index (χ3v) is 2.99. The number of halogens is 2. The Hall–Kier alpha value is -1.34. The Bertz CT molecular complexity index is 503. The number of aryl methyl sites for hydroxylation is 1. The van der Waals surface area contributed by atoms with E-state index in [1.807, 2.05) is 30.3 Å². The Labute approximate surface area is 106 Å². The van der Waals surface area contributed by atoms with Gasteiger partial charge < -0.3 is 0 Å². The molecule has 17 heavy (non-hydrogen) atoms. The van der Waals surface area contributed by atoms with Gasteiger partial charge in [0.05, 0.1) is 0 Å². The van der Waals surface area contributed by atoms with Gasteiger partial charge in [0, 0.05) is 5.02 Å². The zero-order chi connectivity index (χ0) is 12.3. The van der Waals surface area contributed by atoms with Gasteiger partial charge in [-0.1, -0.05) is 43.1 Å². The average Bonchev–Trinajstić information content (AvgIpc) is 2.33. The molecule has 0 fully saturated rings. The maximum absolute atomic E-state index is 13.5. The Morgan fingerprint density at radius 2 is 1.65 bits per heavy atom. The highest BCUT2D eigenvalue weighted by molar-refractivity contribution is 6.30. The summed E-state index contributed by atoms with van der Waals surface area (Å²) in [6.07, 6.45) is 1.72. The monoisotopic (exact) mass is 248 g/mol. The number of benzene rings is 2. The molecule has 0 amide bonds. The standard InChI is InChI=1S/C15H14ClF/c1-2-3-13-10-12(6-9-15(13)17)11-4-7-14(16)8-5-11/h4-10H,2-3H2,1H3. The van der Waals surface area contributed by atoms with Crippen molar-refractivity contribution in [2.24, 2.45) is 0 Å². The minimum Gasteiger partial charge on any atom is -0.207 e. The lowest BCUT2D eigenvalue weighted by molar-refractivity contribution is 0.607. The van der Waals surface area contributed by atoms with Gasteiger partial charge in [0.15, 0.2) is 0 Å². The van der Waals surface area contributed by atoms with E-state index in [0.717, 1.165) is 29.5 Å². The van der Waals surface area contributed by atoms with Crippen molar-refractivity contribution in [2.75, 3.05) is 0 Å². The summed E-state index contributed by atoms with van der Waals surface area (Å²) in [7, 11) is 0. The molecule has 0 aliphatic rings. The summed E-state index contributed by atoms with van der Waals surface area (Å²) in [4.78, 5) is 0. The first-order valence-corrected chi connectivity index (χ1v) is 6.13. The second-order valence-corrected chi connectivity index (χ2v) is 4.50. The van der Waals surface area contributed by atoms with Gasteiger partial charge in [-0.2, -0.15) is 0 Å². The molecule has 2 rings (SSSR count). The van der Waals surface area contributed by atoms with Crippen LogP contribution in [0.4, 0.5) is 4.39 Å². The largest absolute Gasteiger partial charge is 0.207 e. The van der Waals surface area contributed by atoms with Crippen LogP contribution in [0.15, 0.2) is 42.5 Å². The van der Waals surface area contributed by atoms with Crippen LogP contribution in [0.2, 0.25) is 5.02 Å². The first kappa shape index (κ1) is 12.1. The molecule has 0 aliphatic heterocycles. The number of hydrogen-bond acceptors (Lipinski definition) is 0. The van der Waals surface area contributed by atoms with Crippen LogP contribution in [0.3, 0.4) is 0 Å². The third kappa shape index (κ3) is 2.86. The molecular weight excluding hydrogens is 235 g/mol. The molecule has 0 aliphatic carbocycles. The van der Waals surface area contributed by atoms with Crippen molar-refractivity contribution in [3.63, 3.8) is 0 Å². The highest BCUT2D eigenvalue weighted by atomic mass is 35.5. The highest BCUT2D eigenvalue weighted by Crippen LogP contribution is 2.24. The van der Waals surface area contributed by atoms with Crippen LogP contribution in [-0.4, -0.2) is 0 Å². The molecule has 2 aromatic rings. The second-order valence-electron chi connectivity index (χ2n) is 4.06. The molecule has 2 aromatic carbocycles. The topological polar surface area (TPSA) is 0 Å². The van der Waals surface area contributed by atoms with Crippen molar-refractivity contribution < 1.29 is 4.39 Å². The van der Waals surface area contributed by atoms with Crippen LogP contribution in [0.1, 0.15) is 18.9 Å². The summed E-state index contributed by atoms with van der Waals surface area (Å²) in [6, 6.07) is 12.9. The van der Waals surface area contributed by atoms with E-state index in [4.69, 9.17) is 11.6 Å². The molecule has 0 nitrogen and oxygen atoms in total. The van der Waals surface area contributed by atoms with Gasteiger partial charge >= 0.3 is 0 Å². The molecule has 0 unspecified atom stereocenters. The van der Waals surface area contributed by atoms with E-state index in [1.54, 1.807) is 6.07 Å². The zero-order valence-corrected chi connectivity index (χ0v) is 10.5. The fourth-order valence-electron chi connectivity index (χ4n) is 1.86. The van der Waals surface area contributed by atoms with E-state index in [1.165, 1.54) is 6.07 Å². The lowest BCUT2D eigenvalue weighted by Gasteiger charge is -2.06. The molecule has 0 aromatic heterocycles. The quantitative estimate of drug-likeness (QED) is 0.709. The predicted molar refractivity (Wildman–Crippen MR) is 70.8 cm³/mol. The minimum absolute atomic E-state index is 0.121. The van der Waals surface area contributed by atoms with Crippen LogP contribution >= 0.6 is 11.6 Å². The van der Waals surface area contributed by atoms with Crippen molar-refractivity contribution in [1.82, 2.24) is 0 Å². The van der Waals surface area contributed by atoms with Gasteiger partial charge in [-0.25, -0.2) is 4.39 Å². The maximum Gasteiger partial charge on any atom is 0.126 e. The lowest BCUT2D eigenvalue weighted by Crippen LogP contribution is -1.90. The Morgan fingerprint density at radius 3 is 2.29 bits per heavy atom. The molecule has 0 bridgehead atoms. The van der Waals surface area contributed by atoms with Crippen LogP contribution in [0.25, 0.3) is 11.1 Å². The first-order chi connectivity index (χ1) is 8.20. The molecule has 0 N–H and O–H groups in total. The van der Waals surface area contributed by atoms with Crippen molar-refractivity contribution >= 4 is 11.6 Å². The highest BCUT2D eigenvalue weighted by Gasteiger charge is 2.04. The normalized spacial score (nSPS) is 10.5. The molecule has 0 atom stereocenters. The average molecular weight is 249 g/mol. The van der Waals surface area contributed by atoms with Crippen molar-refractivity contribution in [2.45, 2.75) is 19.8 Å². The van der Waals surface area contributed by atoms with E-state index in [2.05, 4.69) is 6.92 Å². The second kappa shape index (κ2) is 5.33. The van der Waals surface area contributed by atoms with Crippen LogP contribution < -0.4 is 0 Å². The van der Waals surface area contributed by atoms with Gasteiger partial charge in [-0.05, 0) is 47.4 Å². The molecule has 0 saturated carbocycles. The fourth-order valence-corrected chi connectivity index (χ4v) is 1.98. The van der Waals surface area contributed by atoms with Gasteiger partial charge in [0.1, 0.15) is 5.82 Å². The van der Waals surface area contributed by atoms with Crippen molar-refractivity contribution in [3.05, 3.63) is 58.9 Å². The maximum atomic E-state index is 13.5. The Balaban J connectivity index is 2.39. The van der Waals surface area contributed by atoms with E-state index in [9.17, 15) is 4.39 Å². The summed E-state index contributed by atoms with van der Waals surface area (Å²) in [5.74, 6) is -0.121. The van der Waals surface area contributed by atoms with Crippen LogP contribution in [0, 0.1) is 5.82 Å². The van der Waals surface area contributed by atoms with E-state index < -0.39 is 0 Å². The summed E-state index contributed by atoms with van der Waals surface area (Å²) in [5, 5.41) is 0.713. The van der Waals surface area contributed by atoms with Crippen molar-refractivity contribution in [1.29, 1.82) is 0 Å². The predicted octanol–water partition coefficient (Wildman–Crippen LogP) is 5.10. The molecule has 2 heteroatoms. The molecule has 0 saturated heterocycles.